The van der Waals surface area contributed by atoms with E-state index in [9.17, 15) is 14.4 Å². The molecule has 1 fully saturated rings. The Labute approximate surface area is 185 Å². The van der Waals surface area contributed by atoms with Gasteiger partial charge in [0.05, 0.1) is 40.0 Å². The van der Waals surface area contributed by atoms with E-state index >= 15 is 0 Å². The minimum absolute atomic E-state index is 0.0151. The number of aromatic nitrogens is 1. The van der Waals surface area contributed by atoms with Gasteiger partial charge >= 0.3 is 5.97 Å². The topological polar surface area (TPSA) is 82.3 Å². The molecule has 1 aliphatic heterocycles. The Kier molecular flexibility index (Phi) is 9.71. The van der Waals surface area contributed by atoms with Gasteiger partial charge in [0.1, 0.15) is 18.8 Å². The van der Waals surface area contributed by atoms with E-state index in [2.05, 4.69) is 6.92 Å². The minimum Gasteiger partial charge on any atom is -0.464 e. The van der Waals surface area contributed by atoms with Crippen LogP contribution < -0.4 is 4.90 Å². The first-order valence-corrected chi connectivity index (χ1v) is 11.4. The summed E-state index contributed by atoms with van der Waals surface area (Å²) in [6.45, 7) is 12.8. The molecular weight excluding hydrogens is 398 g/mol. The lowest BCUT2D eigenvalue weighted by Crippen LogP contribution is -3.14. The fourth-order valence-corrected chi connectivity index (χ4v) is 4.29. The summed E-state index contributed by atoms with van der Waals surface area (Å²) in [5, 5.41) is 0. The summed E-state index contributed by atoms with van der Waals surface area (Å²) in [6.07, 6.45) is 2.19. The van der Waals surface area contributed by atoms with Crippen LogP contribution in [0.1, 0.15) is 65.2 Å². The maximum Gasteiger partial charge on any atom is 0.354 e. The summed E-state index contributed by atoms with van der Waals surface area (Å²) in [5.74, 6) is -0.566. The molecule has 1 N–H and O–H groups in total. The molecule has 1 aromatic heterocycles. The van der Waals surface area contributed by atoms with Crippen LogP contribution in [-0.4, -0.2) is 80.2 Å². The number of nitrogens with zero attached hydrogens (tertiary/aromatic N) is 2. The quantitative estimate of drug-likeness (QED) is 0.414. The molecule has 8 nitrogen and oxygen atoms in total. The molecule has 174 valence electrons. The van der Waals surface area contributed by atoms with Gasteiger partial charge in [-0.1, -0.05) is 13.3 Å². The van der Waals surface area contributed by atoms with E-state index in [1.54, 1.807) is 11.8 Å². The third-order valence-electron chi connectivity index (χ3n) is 6.11. The van der Waals surface area contributed by atoms with Gasteiger partial charge in [0.25, 0.3) is 0 Å². The van der Waals surface area contributed by atoms with Crippen molar-refractivity contribution in [3.63, 3.8) is 0 Å². The van der Waals surface area contributed by atoms with Gasteiger partial charge < -0.3 is 23.8 Å². The summed E-state index contributed by atoms with van der Waals surface area (Å²) in [4.78, 5) is 41.6. The fourth-order valence-electron chi connectivity index (χ4n) is 4.29. The Hall–Kier alpha value is -2.19. The largest absolute Gasteiger partial charge is 0.464 e. The zero-order valence-electron chi connectivity index (χ0n) is 19.7. The van der Waals surface area contributed by atoms with Crippen LogP contribution in [0.5, 0.6) is 0 Å². The highest BCUT2D eigenvalue weighted by molar-refractivity contribution is 6.04. The first-order chi connectivity index (χ1) is 14.8. The van der Waals surface area contributed by atoms with Gasteiger partial charge in [0.2, 0.25) is 5.91 Å². The van der Waals surface area contributed by atoms with Crippen molar-refractivity contribution < 1.29 is 28.8 Å². The van der Waals surface area contributed by atoms with Crippen LogP contribution in [0.15, 0.2) is 0 Å². The molecule has 0 aromatic carbocycles. The van der Waals surface area contributed by atoms with Crippen LogP contribution in [0.25, 0.3) is 0 Å². The van der Waals surface area contributed by atoms with Crippen molar-refractivity contribution in [2.45, 2.75) is 53.5 Å². The summed E-state index contributed by atoms with van der Waals surface area (Å²) in [7, 11) is 1.34. The van der Waals surface area contributed by atoms with Gasteiger partial charge in [-0.05, 0) is 32.8 Å². The number of nitrogens with one attached hydrogen (secondary N) is 1. The second kappa shape index (κ2) is 12.0. The standard InChI is InChI=1S/C23H37N3O5/c1-6-8-9-20(28)25(11-10-24-12-14-31-15-13-24)16-19(27)21-17(3)22(23(29)30-5)26(7-2)18(21)4/h6-16H2,1-5H3/p+1. The van der Waals surface area contributed by atoms with Crippen molar-refractivity contribution in [2.24, 2.45) is 0 Å². The number of quaternary nitrogens is 1. The zero-order chi connectivity index (χ0) is 23.0. The molecule has 1 aromatic rings. The van der Waals surface area contributed by atoms with Gasteiger partial charge in [0.15, 0.2) is 5.78 Å². The highest BCUT2D eigenvalue weighted by Gasteiger charge is 2.28. The SMILES string of the molecule is CCCCC(=O)N(CC[NH+]1CCOCC1)CC(=O)c1c(C)c(C(=O)OC)n(CC)c1C. The normalized spacial score (nSPS) is 14.5. The molecule has 0 aliphatic carbocycles. The zero-order valence-corrected chi connectivity index (χ0v) is 19.7. The Morgan fingerprint density at radius 1 is 1.16 bits per heavy atom. The minimum atomic E-state index is -0.451. The van der Waals surface area contributed by atoms with E-state index in [0.29, 0.717) is 36.3 Å². The van der Waals surface area contributed by atoms with E-state index in [1.165, 1.54) is 12.0 Å². The number of unbranched alkanes of at least 4 members (excludes halogenated alkanes) is 1. The van der Waals surface area contributed by atoms with Crippen molar-refractivity contribution in [1.29, 1.82) is 0 Å². The molecule has 1 aliphatic rings. The number of Topliss-reactive ketones (excluding diaryl/α,β-unsaturated/α-hetero) is 1. The Bertz CT molecular complexity index is 781. The maximum atomic E-state index is 13.3. The van der Waals surface area contributed by atoms with Crippen LogP contribution in [0.3, 0.4) is 0 Å². The lowest BCUT2D eigenvalue weighted by atomic mass is 10.0. The third kappa shape index (κ3) is 6.17. The van der Waals surface area contributed by atoms with E-state index in [0.717, 1.165) is 51.4 Å². The first kappa shape index (κ1) is 25.1. The van der Waals surface area contributed by atoms with E-state index in [-0.39, 0.29) is 18.2 Å². The summed E-state index contributed by atoms with van der Waals surface area (Å²) < 4.78 is 12.2. The Morgan fingerprint density at radius 3 is 2.42 bits per heavy atom. The average Bonchev–Trinajstić information content (AvgIpc) is 3.04. The van der Waals surface area contributed by atoms with Crippen molar-refractivity contribution in [1.82, 2.24) is 9.47 Å². The van der Waals surface area contributed by atoms with E-state index < -0.39 is 5.97 Å². The van der Waals surface area contributed by atoms with Crippen LogP contribution in [0, 0.1) is 13.8 Å². The monoisotopic (exact) mass is 436 g/mol. The molecule has 0 spiro atoms. The highest BCUT2D eigenvalue weighted by atomic mass is 16.5. The van der Waals surface area contributed by atoms with Gasteiger partial charge in [-0.3, -0.25) is 9.59 Å². The number of rotatable bonds is 11. The summed E-state index contributed by atoms with van der Waals surface area (Å²) >= 11 is 0. The van der Waals surface area contributed by atoms with Crippen molar-refractivity contribution in [2.75, 3.05) is 53.0 Å². The molecule has 0 saturated carbocycles. The Balaban J connectivity index is 2.22. The van der Waals surface area contributed by atoms with Crippen molar-refractivity contribution in [3.05, 3.63) is 22.5 Å². The van der Waals surface area contributed by atoms with E-state index in [1.807, 2.05) is 18.4 Å². The number of esters is 1. The lowest BCUT2D eigenvalue weighted by molar-refractivity contribution is -0.907. The number of hydrogen-bond donors (Lipinski definition) is 1. The molecule has 2 heterocycles. The van der Waals surface area contributed by atoms with Crippen molar-refractivity contribution in [3.8, 4) is 0 Å². The molecule has 0 radical (unpaired) electrons. The van der Waals surface area contributed by atoms with Crippen LogP contribution in [0.2, 0.25) is 0 Å². The smallest absolute Gasteiger partial charge is 0.354 e. The number of carbonyl (C=O) groups excluding carboxylic acids is 3. The number of ketones is 1. The molecule has 0 unspecified atom stereocenters. The average molecular weight is 437 g/mol. The molecule has 31 heavy (non-hydrogen) atoms. The molecule has 0 bridgehead atoms. The fraction of sp³-hybridized carbons (Fsp3) is 0.696. The van der Waals surface area contributed by atoms with Gasteiger partial charge in [-0.2, -0.15) is 0 Å². The predicted octanol–water partition coefficient (Wildman–Crippen LogP) is 1.03. The predicted molar refractivity (Wildman–Crippen MR) is 118 cm³/mol. The number of ether oxygens (including phenoxy) is 2. The Morgan fingerprint density at radius 2 is 1.84 bits per heavy atom. The van der Waals surface area contributed by atoms with Gasteiger partial charge in [-0.15, -0.1) is 0 Å². The number of methoxy groups -OCH3 is 1. The third-order valence-corrected chi connectivity index (χ3v) is 6.11. The first-order valence-electron chi connectivity index (χ1n) is 11.4. The molecule has 8 heteroatoms. The maximum absolute atomic E-state index is 13.3. The number of hydrogen-bond acceptors (Lipinski definition) is 5. The second-order valence-corrected chi connectivity index (χ2v) is 8.12. The highest BCUT2D eigenvalue weighted by Crippen LogP contribution is 2.24. The van der Waals surface area contributed by atoms with Crippen molar-refractivity contribution >= 4 is 17.7 Å². The molecular formula is C23H38N3O5+. The van der Waals surface area contributed by atoms with Crippen LogP contribution in [0.4, 0.5) is 0 Å². The molecule has 0 atom stereocenters. The number of amides is 1. The molecule has 1 amide bonds. The van der Waals surface area contributed by atoms with E-state index in [4.69, 9.17) is 9.47 Å². The number of morpholine rings is 1. The molecule has 1 saturated heterocycles. The van der Waals surface area contributed by atoms with Crippen LogP contribution in [-0.2, 0) is 20.8 Å². The number of carbonyl (C=O) groups is 3. The summed E-state index contributed by atoms with van der Waals surface area (Å²) in [6, 6.07) is 0. The lowest BCUT2D eigenvalue weighted by Gasteiger charge is -2.28. The van der Waals surface area contributed by atoms with Crippen LogP contribution >= 0.6 is 0 Å². The van der Waals surface area contributed by atoms with Gasteiger partial charge in [-0.25, -0.2) is 4.79 Å². The summed E-state index contributed by atoms with van der Waals surface area (Å²) in [5.41, 5.74) is 2.29. The second-order valence-electron chi connectivity index (χ2n) is 8.12. The molecule has 2 rings (SSSR count). The van der Waals surface area contributed by atoms with Gasteiger partial charge in [0, 0.05) is 24.2 Å².